The van der Waals surface area contributed by atoms with Crippen LogP contribution in [0.3, 0.4) is 0 Å². The molecular formula is C27H26BrN5O3. The Morgan fingerprint density at radius 1 is 1.19 bits per heavy atom. The highest BCUT2D eigenvalue weighted by molar-refractivity contribution is 9.10. The fourth-order valence-electron chi connectivity index (χ4n) is 4.72. The monoisotopic (exact) mass is 547 g/mol. The molecule has 0 saturated carbocycles. The molecule has 184 valence electrons. The van der Waals surface area contributed by atoms with Crippen molar-refractivity contribution in [3.63, 3.8) is 0 Å². The molecule has 2 aromatic heterocycles. The topological polar surface area (TPSA) is 92.3 Å². The van der Waals surface area contributed by atoms with Crippen LogP contribution in [0.1, 0.15) is 41.2 Å². The Bertz CT molecular complexity index is 1400. The number of pyridine rings is 1. The van der Waals surface area contributed by atoms with Gasteiger partial charge in [-0.25, -0.2) is 0 Å². The minimum atomic E-state index is -0.499. The summed E-state index contributed by atoms with van der Waals surface area (Å²) < 4.78 is 7.82. The van der Waals surface area contributed by atoms with Gasteiger partial charge in [-0.1, -0.05) is 28.4 Å². The van der Waals surface area contributed by atoms with Gasteiger partial charge in [0.1, 0.15) is 5.75 Å². The molecule has 1 amide bonds. The number of azo groups is 1. The third-order valence-electron chi connectivity index (χ3n) is 6.56. The number of fused-ring (bicyclic) bond motifs is 1. The van der Waals surface area contributed by atoms with Crippen LogP contribution in [0.5, 0.6) is 11.6 Å². The molecule has 2 aromatic carbocycles. The van der Waals surface area contributed by atoms with Crippen molar-refractivity contribution in [3.8, 4) is 11.6 Å². The van der Waals surface area contributed by atoms with E-state index in [4.69, 9.17) is 4.74 Å². The average molecular weight is 548 g/mol. The molecule has 4 aromatic rings. The van der Waals surface area contributed by atoms with Gasteiger partial charge >= 0.3 is 0 Å². The number of ether oxygens (including phenoxy) is 1. The molecule has 9 heteroatoms. The van der Waals surface area contributed by atoms with E-state index < -0.39 is 5.91 Å². The van der Waals surface area contributed by atoms with Crippen LogP contribution in [0.2, 0.25) is 0 Å². The van der Waals surface area contributed by atoms with Crippen molar-refractivity contribution < 1.29 is 14.6 Å². The number of piperidine rings is 1. The molecule has 1 saturated heterocycles. The van der Waals surface area contributed by atoms with Crippen LogP contribution < -0.4 is 4.74 Å². The summed E-state index contributed by atoms with van der Waals surface area (Å²) in [7, 11) is 1.57. The fraction of sp³-hybridized carbons (Fsp3) is 0.259. The summed E-state index contributed by atoms with van der Waals surface area (Å²) in [4.78, 5) is 19.3. The fourth-order valence-corrected chi connectivity index (χ4v) is 5.08. The zero-order chi connectivity index (χ0) is 25.1. The first-order valence-corrected chi connectivity index (χ1v) is 12.6. The Balaban J connectivity index is 1.48. The standard InChI is InChI=1S/C27H26BrN5O3/c1-36-21-10-7-18(8-11-21)26(34)31-30-25-22-15-20(28)9-12-24(22)33(27(25)35)17-32-14-3-2-6-23(32)19-5-4-13-29-16-19/h4-5,7-13,15-16,23,35H,2-3,6,14,17H2,1H3. The van der Waals surface area contributed by atoms with Crippen LogP contribution in [0.4, 0.5) is 5.69 Å². The number of aromatic hydroxyl groups is 1. The summed E-state index contributed by atoms with van der Waals surface area (Å²) in [5, 5.41) is 20.1. The lowest BCUT2D eigenvalue weighted by molar-refractivity contribution is 0.0995. The molecule has 3 heterocycles. The Morgan fingerprint density at radius 3 is 2.78 bits per heavy atom. The van der Waals surface area contributed by atoms with Gasteiger partial charge in [0.15, 0.2) is 5.69 Å². The van der Waals surface area contributed by atoms with Gasteiger partial charge in [0.25, 0.3) is 5.91 Å². The molecule has 1 aliphatic rings. The highest BCUT2D eigenvalue weighted by Gasteiger charge is 2.27. The summed E-state index contributed by atoms with van der Waals surface area (Å²) in [5.41, 5.74) is 2.64. The lowest BCUT2D eigenvalue weighted by atomic mass is 9.97. The third-order valence-corrected chi connectivity index (χ3v) is 7.05. The number of hydrogen-bond acceptors (Lipinski definition) is 6. The van der Waals surface area contributed by atoms with Crippen LogP contribution in [0, 0.1) is 0 Å². The number of aromatic nitrogens is 2. The molecule has 0 bridgehead atoms. The third kappa shape index (κ3) is 4.89. The van der Waals surface area contributed by atoms with Crippen molar-refractivity contribution in [1.29, 1.82) is 0 Å². The van der Waals surface area contributed by atoms with E-state index in [0.717, 1.165) is 35.8 Å². The molecule has 1 atom stereocenters. The van der Waals surface area contributed by atoms with Gasteiger partial charge in [-0.15, -0.1) is 10.2 Å². The second-order valence-electron chi connectivity index (χ2n) is 8.75. The number of amides is 1. The first-order valence-electron chi connectivity index (χ1n) is 11.8. The molecule has 0 aliphatic carbocycles. The normalized spacial score (nSPS) is 16.6. The van der Waals surface area contributed by atoms with E-state index in [1.54, 1.807) is 37.6 Å². The van der Waals surface area contributed by atoms with Gasteiger partial charge in [0, 0.05) is 40.4 Å². The van der Waals surface area contributed by atoms with E-state index in [9.17, 15) is 9.90 Å². The van der Waals surface area contributed by atoms with Crippen molar-refractivity contribution in [2.24, 2.45) is 10.2 Å². The Morgan fingerprint density at radius 2 is 2.03 bits per heavy atom. The highest BCUT2D eigenvalue weighted by atomic mass is 79.9. The second-order valence-corrected chi connectivity index (χ2v) is 9.66. The maximum Gasteiger partial charge on any atom is 0.295 e. The van der Waals surface area contributed by atoms with E-state index in [1.807, 2.05) is 35.0 Å². The maximum atomic E-state index is 12.6. The predicted molar refractivity (Wildman–Crippen MR) is 141 cm³/mol. The molecule has 1 unspecified atom stereocenters. The quantitative estimate of drug-likeness (QED) is 0.274. The molecule has 8 nitrogen and oxygen atoms in total. The largest absolute Gasteiger partial charge is 0.497 e. The summed E-state index contributed by atoms with van der Waals surface area (Å²) in [6.45, 7) is 1.38. The number of methoxy groups -OCH3 is 1. The number of benzene rings is 2. The molecule has 1 aliphatic heterocycles. The van der Waals surface area contributed by atoms with Gasteiger partial charge in [-0.2, -0.15) is 0 Å². The van der Waals surface area contributed by atoms with Crippen LogP contribution >= 0.6 is 15.9 Å². The minimum absolute atomic E-state index is 0.0232. The van der Waals surface area contributed by atoms with Crippen LogP contribution in [0.15, 0.2) is 81.7 Å². The van der Waals surface area contributed by atoms with Gasteiger partial charge in [0.2, 0.25) is 5.88 Å². The zero-order valence-corrected chi connectivity index (χ0v) is 21.4. The number of halogens is 1. The lowest BCUT2D eigenvalue weighted by Gasteiger charge is -2.36. The van der Waals surface area contributed by atoms with Gasteiger partial charge in [0.05, 0.1) is 19.3 Å². The molecule has 5 rings (SSSR count). The van der Waals surface area contributed by atoms with Gasteiger partial charge in [-0.05, 0) is 66.9 Å². The SMILES string of the molecule is COc1ccc(C(=O)N=Nc2c(O)n(CN3CCCCC3c3cccnc3)c3ccc(Br)cc23)cc1. The first-order chi connectivity index (χ1) is 17.5. The number of carbonyl (C=O) groups is 1. The molecule has 1 fully saturated rings. The van der Waals surface area contributed by atoms with Crippen molar-refractivity contribution >= 4 is 38.4 Å². The maximum absolute atomic E-state index is 12.6. The Hall–Kier alpha value is -3.56. The van der Waals surface area contributed by atoms with Crippen molar-refractivity contribution in [3.05, 3.63) is 82.6 Å². The summed E-state index contributed by atoms with van der Waals surface area (Å²) >= 11 is 3.51. The van der Waals surface area contributed by atoms with Crippen LogP contribution in [-0.2, 0) is 6.67 Å². The molecule has 0 spiro atoms. The predicted octanol–water partition coefficient (Wildman–Crippen LogP) is 6.62. The van der Waals surface area contributed by atoms with Crippen molar-refractivity contribution in [2.75, 3.05) is 13.7 Å². The van der Waals surface area contributed by atoms with Crippen LogP contribution in [0.25, 0.3) is 10.9 Å². The Kier molecular flexibility index (Phi) is 7.11. The molecule has 1 N–H and O–H groups in total. The number of hydrogen-bond donors (Lipinski definition) is 1. The van der Waals surface area contributed by atoms with E-state index in [-0.39, 0.29) is 17.6 Å². The number of likely N-dealkylation sites (tertiary alicyclic amines) is 1. The highest BCUT2D eigenvalue weighted by Crippen LogP contribution is 2.41. The van der Waals surface area contributed by atoms with Crippen LogP contribution in [-0.4, -0.2) is 39.1 Å². The second kappa shape index (κ2) is 10.6. The Labute approximate surface area is 217 Å². The smallest absolute Gasteiger partial charge is 0.295 e. The molecular weight excluding hydrogens is 522 g/mol. The number of carbonyl (C=O) groups excluding carboxylic acids is 1. The lowest BCUT2D eigenvalue weighted by Crippen LogP contribution is -2.34. The van der Waals surface area contributed by atoms with Gasteiger partial charge < -0.3 is 9.84 Å². The average Bonchev–Trinajstić information content (AvgIpc) is 3.17. The molecule has 0 radical (unpaired) electrons. The van der Waals surface area contributed by atoms with E-state index in [2.05, 4.69) is 42.1 Å². The summed E-state index contributed by atoms with van der Waals surface area (Å²) in [5.74, 6) is 0.127. The summed E-state index contributed by atoms with van der Waals surface area (Å²) in [6.07, 6.45) is 6.96. The zero-order valence-electron chi connectivity index (χ0n) is 19.8. The molecule has 36 heavy (non-hydrogen) atoms. The van der Waals surface area contributed by atoms with E-state index in [0.29, 0.717) is 23.4 Å². The number of rotatable bonds is 6. The first kappa shape index (κ1) is 24.1. The van der Waals surface area contributed by atoms with E-state index >= 15 is 0 Å². The van der Waals surface area contributed by atoms with E-state index in [1.165, 1.54) is 5.56 Å². The van der Waals surface area contributed by atoms with Gasteiger partial charge in [-0.3, -0.25) is 19.2 Å². The van der Waals surface area contributed by atoms with Crippen molar-refractivity contribution in [2.45, 2.75) is 32.0 Å². The summed E-state index contributed by atoms with van der Waals surface area (Å²) in [6, 6.07) is 16.7. The van der Waals surface area contributed by atoms with Crippen molar-refractivity contribution in [1.82, 2.24) is 14.5 Å². The number of nitrogens with zero attached hydrogens (tertiary/aromatic N) is 5. The minimum Gasteiger partial charge on any atom is -0.497 e.